The monoisotopic (exact) mass is 506 g/mol. The van der Waals surface area contributed by atoms with Gasteiger partial charge in [-0.2, -0.15) is 0 Å². The molecule has 0 saturated heterocycles. The Kier molecular flexibility index (Phi) is 7.97. The Balaban J connectivity index is 1.43. The van der Waals surface area contributed by atoms with Gasteiger partial charge in [-0.1, -0.05) is 74.5 Å². The number of aromatic amines is 1. The summed E-state index contributed by atoms with van der Waals surface area (Å²) >= 11 is 0. The van der Waals surface area contributed by atoms with E-state index < -0.39 is 0 Å². The summed E-state index contributed by atoms with van der Waals surface area (Å²) in [5.41, 5.74) is 7.05. The lowest BCUT2D eigenvalue weighted by atomic mass is 9.80. The van der Waals surface area contributed by atoms with E-state index in [4.69, 9.17) is 4.74 Å². The molecule has 0 saturated carbocycles. The van der Waals surface area contributed by atoms with Crippen LogP contribution in [0.25, 0.3) is 17.0 Å². The Labute approximate surface area is 226 Å². The second-order valence-electron chi connectivity index (χ2n) is 10.6. The molecule has 4 aromatic rings. The van der Waals surface area contributed by atoms with E-state index in [1.165, 1.54) is 16.7 Å². The van der Waals surface area contributed by atoms with Gasteiger partial charge in [-0.25, -0.2) is 0 Å². The predicted molar refractivity (Wildman–Crippen MR) is 157 cm³/mol. The normalized spacial score (nSPS) is 17.4. The summed E-state index contributed by atoms with van der Waals surface area (Å²) < 4.78 is 5.36. The first-order chi connectivity index (χ1) is 18.5. The van der Waals surface area contributed by atoms with Crippen LogP contribution in [0, 0.1) is 5.92 Å². The summed E-state index contributed by atoms with van der Waals surface area (Å²) in [6.07, 6.45) is 8.35. The molecule has 3 aromatic carbocycles. The minimum absolute atomic E-state index is 0.0578. The van der Waals surface area contributed by atoms with Crippen molar-refractivity contribution in [3.63, 3.8) is 0 Å². The molecule has 1 aromatic heterocycles. The molecule has 1 amide bonds. The van der Waals surface area contributed by atoms with Crippen molar-refractivity contribution in [1.29, 1.82) is 0 Å². The largest absolute Gasteiger partial charge is 0.497 e. The number of para-hydroxylation sites is 1. The number of fused-ring (bicyclic) bond motifs is 5. The maximum atomic E-state index is 13.5. The van der Waals surface area contributed by atoms with Crippen LogP contribution in [0.1, 0.15) is 60.6 Å². The summed E-state index contributed by atoms with van der Waals surface area (Å²) in [7, 11) is 1.70. The fourth-order valence-electron chi connectivity index (χ4n) is 6.10. The van der Waals surface area contributed by atoms with Gasteiger partial charge in [-0.15, -0.1) is 0 Å². The molecule has 4 heteroatoms. The molecule has 0 spiro atoms. The zero-order valence-corrected chi connectivity index (χ0v) is 22.7. The fraction of sp³-hybridized carbons (Fsp3) is 0.324. The molecule has 5 rings (SSSR count). The van der Waals surface area contributed by atoms with Crippen LogP contribution in [0.2, 0.25) is 0 Å². The molecule has 3 atom stereocenters. The van der Waals surface area contributed by atoms with E-state index in [0.29, 0.717) is 18.3 Å². The molecular weight excluding hydrogens is 468 g/mol. The molecule has 0 aliphatic carbocycles. The summed E-state index contributed by atoms with van der Waals surface area (Å²) in [6, 6.07) is 25.6. The second-order valence-corrected chi connectivity index (χ2v) is 10.6. The van der Waals surface area contributed by atoms with E-state index >= 15 is 0 Å². The number of methoxy groups -OCH3 is 1. The number of rotatable bonds is 6. The Bertz CT molecular complexity index is 1420. The van der Waals surface area contributed by atoms with Gasteiger partial charge in [0.15, 0.2) is 0 Å². The van der Waals surface area contributed by atoms with Crippen molar-refractivity contribution in [2.45, 2.75) is 57.9 Å². The Hall–Kier alpha value is -3.79. The Morgan fingerprint density at radius 1 is 1.00 bits per heavy atom. The van der Waals surface area contributed by atoms with Gasteiger partial charge in [0.25, 0.3) is 0 Å². The molecule has 1 aliphatic rings. The average molecular weight is 507 g/mol. The van der Waals surface area contributed by atoms with Crippen LogP contribution in [-0.2, 0) is 24.1 Å². The number of ether oxygens (including phenoxy) is 1. The van der Waals surface area contributed by atoms with Gasteiger partial charge in [0, 0.05) is 22.6 Å². The molecule has 3 unspecified atom stereocenters. The van der Waals surface area contributed by atoms with Gasteiger partial charge in [0.2, 0.25) is 5.91 Å². The molecule has 2 bridgehead atoms. The summed E-state index contributed by atoms with van der Waals surface area (Å²) in [6.45, 7) is 4.58. The zero-order valence-electron chi connectivity index (χ0n) is 22.7. The highest BCUT2D eigenvalue weighted by molar-refractivity contribution is 5.92. The minimum Gasteiger partial charge on any atom is -0.497 e. The number of aromatic nitrogens is 1. The van der Waals surface area contributed by atoms with Crippen molar-refractivity contribution >= 4 is 22.9 Å². The number of H-pyrrole nitrogens is 1. The highest BCUT2D eigenvalue weighted by Gasteiger charge is 2.24. The van der Waals surface area contributed by atoms with Crippen molar-refractivity contribution in [2.24, 2.45) is 5.92 Å². The molecule has 1 aliphatic heterocycles. The molecule has 38 heavy (non-hydrogen) atoms. The smallest absolute Gasteiger partial charge is 0.224 e. The van der Waals surface area contributed by atoms with E-state index in [-0.39, 0.29) is 11.9 Å². The van der Waals surface area contributed by atoms with Crippen molar-refractivity contribution in [2.75, 3.05) is 7.11 Å². The topological polar surface area (TPSA) is 54.1 Å². The summed E-state index contributed by atoms with van der Waals surface area (Å²) in [5.74, 6) is 1.78. The molecule has 2 heterocycles. The maximum Gasteiger partial charge on any atom is 0.224 e. The first-order valence-electron chi connectivity index (χ1n) is 13.8. The lowest BCUT2D eigenvalue weighted by Crippen LogP contribution is -2.39. The number of nitrogens with one attached hydrogen (secondary N) is 2. The second kappa shape index (κ2) is 11.7. The quantitative estimate of drug-likeness (QED) is 0.290. The van der Waals surface area contributed by atoms with E-state index in [1.807, 2.05) is 24.3 Å². The SMILES string of the molecule is CCC(c1ccc(OC)cc1)C(C)CC1Cc2cccc(c2)CC=Cc2[nH]c3ccccc3c2CC(=O)N1. The molecular formula is C34H38N2O2. The highest BCUT2D eigenvalue weighted by atomic mass is 16.5. The molecule has 0 radical (unpaired) electrons. The standard InChI is InChI=1S/C34H38N2O2/c1-4-29(26-15-17-28(38-3)18-16-26)23(2)19-27-21-25-11-7-9-24(20-25)10-8-14-33-31(22-34(37)35-27)30-12-5-6-13-32(30)36-33/h5-9,11-18,20,23,27,29,36H,4,10,19,21-22H2,1-3H3,(H,35,37). The van der Waals surface area contributed by atoms with Crippen LogP contribution < -0.4 is 10.1 Å². The lowest BCUT2D eigenvalue weighted by molar-refractivity contribution is -0.121. The van der Waals surface area contributed by atoms with E-state index in [9.17, 15) is 4.79 Å². The summed E-state index contributed by atoms with van der Waals surface area (Å²) in [4.78, 5) is 17.1. The highest BCUT2D eigenvalue weighted by Crippen LogP contribution is 2.33. The van der Waals surface area contributed by atoms with Crippen LogP contribution in [0.15, 0.2) is 78.9 Å². The van der Waals surface area contributed by atoms with Gasteiger partial charge >= 0.3 is 0 Å². The van der Waals surface area contributed by atoms with Gasteiger partial charge in [0.1, 0.15) is 5.75 Å². The van der Waals surface area contributed by atoms with Crippen molar-refractivity contribution in [3.8, 4) is 5.75 Å². The van der Waals surface area contributed by atoms with Crippen LogP contribution in [0.3, 0.4) is 0 Å². The number of allylic oxidation sites excluding steroid dienone is 1. The van der Waals surface area contributed by atoms with Gasteiger partial charge < -0.3 is 15.0 Å². The maximum absolute atomic E-state index is 13.5. The molecule has 196 valence electrons. The number of amides is 1. The lowest BCUT2D eigenvalue weighted by Gasteiger charge is -2.28. The van der Waals surface area contributed by atoms with Crippen LogP contribution in [0.5, 0.6) is 5.75 Å². The third-order valence-corrected chi connectivity index (χ3v) is 7.99. The van der Waals surface area contributed by atoms with Crippen molar-refractivity contribution in [1.82, 2.24) is 10.3 Å². The third kappa shape index (κ3) is 5.85. The fourth-order valence-corrected chi connectivity index (χ4v) is 6.10. The van der Waals surface area contributed by atoms with Crippen LogP contribution in [-0.4, -0.2) is 24.0 Å². The first-order valence-corrected chi connectivity index (χ1v) is 13.8. The number of carbonyl (C=O) groups is 1. The molecule has 0 fully saturated rings. The first kappa shape index (κ1) is 25.8. The number of hydrogen-bond acceptors (Lipinski definition) is 2. The van der Waals surface area contributed by atoms with Crippen LogP contribution in [0.4, 0.5) is 0 Å². The zero-order chi connectivity index (χ0) is 26.5. The van der Waals surface area contributed by atoms with Gasteiger partial charge in [0.05, 0.1) is 13.5 Å². The predicted octanol–water partition coefficient (Wildman–Crippen LogP) is 7.24. The van der Waals surface area contributed by atoms with Crippen molar-refractivity contribution in [3.05, 3.63) is 107 Å². The third-order valence-electron chi connectivity index (χ3n) is 7.99. The van der Waals surface area contributed by atoms with E-state index in [1.54, 1.807) is 7.11 Å². The molecule has 2 N–H and O–H groups in total. The van der Waals surface area contributed by atoms with Gasteiger partial charge in [-0.05, 0) is 84.0 Å². The Morgan fingerprint density at radius 2 is 1.79 bits per heavy atom. The summed E-state index contributed by atoms with van der Waals surface area (Å²) in [5, 5.41) is 4.56. The Morgan fingerprint density at radius 3 is 2.58 bits per heavy atom. The average Bonchev–Trinajstić information content (AvgIpc) is 3.26. The van der Waals surface area contributed by atoms with E-state index in [0.717, 1.165) is 53.6 Å². The number of hydrogen-bond donors (Lipinski definition) is 2. The van der Waals surface area contributed by atoms with Crippen molar-refractivity contribution < 1.29 is 9.53 Å². The van der Waals surface area contributed by atoms with Gasteiger partial charge in [-0.3, -0.25) is 4.79 Å². The minimum atomic E-state index is 0.0578. The van der Waals surface area contributed by atoms with Crippen LogP contribution >= 0.6 is 0 Å². The number of benzene rings is 3. The number of carbonyl (C=O) groups excluding carboxylic acids is 1. The van der Waals surface area contributed by atoms with E-state index in [2.05, 4.69) is 84.8 Å². The molecule has 4 nitrogen and oxygen atoms in total.